The highest BCUT2D eigenvalue weighted by Crippen LogP contribution is 2.41. The van der Waals surface area contributed by atoms with Gasteiger partial charge in [-0.2, -0.15) is 0 Å². The number of anilines is 1. The van der Waals surface area contributed by atoms with E-state index in [0.29, 0.717) is 16.1 Å². The standard InChI is InChI=1S/C23H28N4O2S/c1-13-7-6-8-17(14(13)2)24-19(28)12-27-22(29)20-16-10-9-15(23(3,4)5)11-18(16)30-21(20)25-26-27/h6-8,15H,9-12H2,1-5H3,(H,24,28). The van der Waals surface area contributed by atoms with E-state index >= 15 is 0 Å². The molecule has 30 heavy (non-hydrogen) atoms. The topological polar surface area (TPSA) is 76.9 Å². The number of aromatic nitrogens is 3. The number of hydrogen-bond donors (Lipinski definition) is 1. The Labute approximate surface area is 180 Å². The molecule has 2 aromatic heterocycles. The van der Waals surface area contributed by atoms with Gasteiger partial charge in [0.15, 0.2) is 4.83 Å². The number of carbonyl (C=O) groups is 1. The fourth-order valence-corrected chi connectivity index (χ4v) is 5.42. The molecule has 2 heterocycles. The van der Waals surface area contributed by atoms with Gasteiger partial charge in [0.25, 0.3) is 5.56 Å². The number of rotatable bonds is 3. The van der Waals surface area contributed by atoms with Gasteiger partial charge >= 0.3 is 0 Å². The lowest BCUT2D eigenvalue weighted by atomic mass is 9.72. The zero-order valence-corrected chi connectivity index (χ0v) is 19.0. The summed E-state index contributed by atoms with van der Waals surface area (Å²) in [5.41, 5.74) is 4.00. The zero-order chi connectivity index (χ0) is 21.6. The van der Waals surface area contributed by atoms with Crippen LogP contribution in [-0.2, 0) is 24.2 Å². The maximum absolute atomic E-state index is 13.1. The fourth-order valence-electron chi connectivity index (χ4n) is 4.18. The van der Waals surface area contributed by atoms with Crippen molar-refractivity contribution in [1.29, 1.82) is 0 Å². The fraction of sp³-hybridized carbons (Fsp3) is 0.478. The Kier molecular flexibility index (Phi) is 5.26. The van der Waals surface area contributed by atoms with Crippen molar-refractivity contribution in [2.45, 2.75) is 60.4 Å². The first-order valence-electron chi connectivity index (χ1n) is 10.4. The predicted octanol–water partition coefficient (Wildman–Crippen LogP) is 4.26. The van der Waals surface area contributed by atoms with Gasteiger partial charge in [0.05, 0.1) is 5.39 Å². The summed E-state index contributed by atoms with van der Waals surface area (Å²) >= 11 is 1.58. The molecule has 0 saturated carbocycles. The van der Waals surface area contributed by atoms with Crippen LogP contribution in [0.15, 0.2) is 23.0 Å². The first-order valence-corrected chi connectivity index (χ1v) is 11.2. The first kappa shape index (κ1) is 20.7. The largest absolute Gasteiger partial charge is 0.324 e. The molecule has 1 aliphatic carbocycles. The summed E-state index contributed by atoms with van der Waals surface area (Å²) in [4.78, 5) is 27.7. The molecule has 1 aromatic carbocycles. The average Bonchev–Trinajstić information content (AvgIpc) is 3.05. The molecule has 1 N–H and O–H groups in total. The minimum Gasteiger partial charge on any atom is -0.324 e. The molecule has 0 aliphatic heterocycles. The molecule has 158 valence electrons. The molecule has 6 nitrogen and oxygen atoms in total. The van der Waals surface area contributed by atoms with E-state index < -0.39 is 0 Å². The van der Waals surface area contributed by atoms with Gasteiger partial charge < -0.3 is 5.32 Å². The lowest BCUT2D eigenvalue weighted by Crippen LogP contribution is -2.31. The molecule has 4 rings (SSSR count). The van der Waals surface area contributed by atoms with E-state index in [1.54, 1.807) is 11.3 Å². The quantitative estimate of drug-likeness (QED) is 0.682. The first-order chi connectivity index (χ1) is 14.1. The van der Waals surface area contributed by atoms with E-state index in [9.17, 15) is 9.59 Å². The van der Waals surface area contributed by atoms with Gasteiger partial charge in [-0.1, -0.05) is 38.1 Å². The zero-order valence-electron chi connectivity index (χ0n) is 18.2. The van der Waals surface area contributed by atoms with Crippen molar-refractivity contribution in [3.63, 3.8) is 0 Å². The van der Waals surface area contributed by atoms with Crippen LogP contribution in [0.25, 0.3) is 10.2 Å². The molecule has 1 aliphatic rings. The Bertz CT molecular complexity index is 1190. The van der Waals surface area contributed by atoms with Gasteiger partial charge in [0.2, 0.25) is 5.91 Å². The summed E-state index contributed by atoms with van der Waals surface area (Å²) in [6, 6.07) is 5.76. The lowest BCUT2D eigenvalue weighted by Gasteiger charge is -2.33. The second-order valence-corrected chi connectivity index (χ2v) is 10.4. The highest BCUT2D eigenvalue weighted by atomic mass is 32.1. The van der Waals surface area contributed by atoms with E-state index in [4.69, 9.17) is 0 Å². The van der Waals surface area contributed by atoms with Crippen molar-refractivity contribution in [1.82, 2.24) is 15.0 Å². The molecule has 1 unspecified atom stereocenters. The van der Waals surface area contributed by atoms with Gasteiger partial charge in [-0.05, 0) is 67.2 Å². The molecular weight excluding hydrogens is 396 g/mol. The predicted molar refractivity (Wildman–Crippen MR) is 121 cm³/mol. The monoisotopic (exact) mass is 424 g/mol. The van der Waals surface area contributed by atoms with Crippen LogP contribution in [0.3, 0.4) is 0 Å². The van der Waals surface area contributed by atoms with E-state index in [-0.39, 0.29) is 23.4 Å². The van der Waals surface area contributed by atoms with Gasteiger partial charge in [-0.15, -0.1) is 16.4 Å². The maximum atomic E-state index is 13.1. The number of carbonyl (C=O) groups excluding carboxylic acids is 1. The van der Waals surface area contributed by atoms with Crippen molar-refractivity contribution in [2.75, 3.05) is 5.32 Å². The molecule has 0 fully saturated rings. The number of benzene rings is 1. The number of fused-ring (bicyclic) bond motifs is 3. The number of nitrogens with zero attached hydrogens (tertiary/aromatic N) is 3. The van der Waals surface area contributed by atoms with E-state index in [1.165, 1.54) is 9.56 Å². The second-order valence-electron chi connectivity index (χ2n) is 9.34. The van der Waals surface area contributed by atoms with Crippen molar-refractivity contribution in [3.8, 4) is 0 Å². The van der Waals surface area contributed by atoms with E-state index in [1.807, 2.05) is 32.0 Å². The minimum absolute atomic E-state index is 0.148. The summed E-state index contributed by atoms with van der Waals surface area (Å²) in [6.07, 6.45) is 2.93. The Morgan fingerprint density at radius 2 is 2.07 bits per heavy atom. The number of amides is 1. The third-order valence-electron chi connectivity index (χ3n) is 6.34. The molecule has 0 radical (unpaired) electrons. The van der Waals surface area contributed by atoms with Crippen molar-refractivity contribution >= 4 is 33.1 Å². The van der Waals surface area contributed by atoms with Crippen LogP contribution in [0.2, 0.25) is 0 Å². The van der Waals surface area contributed by atoms with Crippen molar-refractivity contribution in [3.05, 3.63) is 50.1 Å². The molecule has 0 bridgehead atoms. The van der Waals surface area contributed by atoms with Crippen LogP contribution < -0.4 is 10.9 Å². The van der Waals surface area contributed by atoms with Crippen LogP contribution in [-0.4, -0.2) is 20.9 Å². The highest BCUT2D eigenvalue weighted by Gasteiger charge is 2.32. The molecule has 0 saturated heterocycles. The van der Waals surface area contributed by atoms with Crippen LogP contribution in [0.5, 0.6) is 0 Å². The number of aryl methyl sites for hydroxylation is 2. The molecule has 1 amide bonds. The normalized spacial score (nSPS) is 16.5. The lowest BCUT2D eigenvalue weighted by molar-refractivity contribution is -0.117. The minimum atomic E-state index is -0.281. The summed E-state index contributed by atoms with van der Waals surface area (Å²) in [5, 5.41) is 11.9. The summed E-state index contributed by atoms with van der Waals surface area (Å²) in [5.74, 6) is 0.313. The van der Waals surface area contributed by atoms with Gasteiger partial charge in [0, 0.05) is 10.6 Å². The molecule has 3 aromatic rings. The second kappa shape index (κ2) is 7.61. The number of hydrogen-bond acceptors (Lipinski definition) is 5. The van der Waals surface area contributed by atoms with Crippen molar-refractivity contribution < 1.29 is 4.79 Å². The SMILES string of the molecule is Cc1cccc(NC(=O)Cn2nnc3sc4c(c3c2=O)CCC(C(C)(C)C)C4)c1C. The van der Waals surface area contributed by atoms with Crippen LogP contribution >= 0.6 is 11.3 Å². The van der Waals surface area contributed by atoms with Gasteiger partial charge in [0.1, 0.15) is 6.54 Å². The van der Waals surface area contributed by atoms with E-state index in [2.05, 4.69) is 36.4 Å². The third-order valence-corrected chi connectivity index (χ3v) is 7.47. The third kappa shape index (κ3) is 3.78. The Morgan fingerprint density at radius 3 is 2.80 bits per heavy atom. The molecule has 1 atom stereocenters. The smallest absolute Gasteiger partial charge is 0.279 e. The highest BCUT2D eigenvalue weighted by molar-refractivity contribution is 7.18. The maximum Gasteiger partial charge on any atom is 0.279 e. The Hall–Kier alpha value is -2.54. The molecular formula is C23H28N4O2S. The van der Waals surface area contributed by atoms with Gasteiger partial charge in [-0.25, -0.2) is 4.68 Å². The Balaban J connectivity index is 1.61. The van der Waals surface area contributed by atoms with Crippen LogP contribution in [0.1, 0.15) is 48.8 Å². The van der Waals surface area contributed by atoms with Crippen LogP contribution in [0, 0.1) is 25.2 Å². The molecule has 7 heteroatoms. The van der Waals surface area contributed by atoms with Gasteiger partial charge in [-0.3, -0.25) is 9.59 Å². The number of thiophene rings is 1. The summed E-state index contributed by atoms with van der Waals surface area (Å²) in [7, 11) is 0. The van der Waals surface area contributed by atoms with E-state index in [0.717, 1.165) is 41.6 Å². The Morgan fingerprint density at radius 1 is 1.30 bits per heavy atom. The summed E-state index contributed by atoms with van der Waals surface area (Å²) < 4.78 is 1.19. The average molecular weight is 425 g/mol. The van der Waals surface area contributed by atoms with Crippen molar-refractivity contribution in [2.24, 2.45) is 11.3 Å². The number of nitrogens with one attached hydrogen (secondary N) is 1. The summed E-state index contributed by atoms with van der Waals surface area (Å²) in [6.45, 7) is 10.6. The molecule has 0 spiro atoms. The van der Waals surface area contributed by atoms with Crippen LogP contribution in [0.4, 0.5) is 5.69 Å².